The minimum absolute atomic E-state index is 0.0406. The fraction of sp³-hybridized carbons (Fsp3) is 0.227. The summed E-state index contributed by atoms with van der Waals surface area (Å²) >= 11 is 0. The van der Waals surface area contributed by atoms with Crippen LogP contribution in [0.1, 0.15) is 16.9 Å². The average molecular weight is 394 g/mol. The highest BCUT2D eigenvalue weighted by molar-refractivity contribution is 6.01. The van der Waals surface area contributed by atoms with Crippen molar-refractivity contribution in [2.75, 3.05) is 21.3 Å². The lowest BCUT2D eigenvalue weighted by atomic mass is 9.84. The summed E-state index contributed by atoms with van der Waals surface area (Å²) in [7, 11) is 4.33. The van der Waals surface area contributed by atoms with E-state index in [0.29, 0.717) is 16.8 Å². The van der Waals surface area contributed by atoms with Crippen molar-refractivity contribution in [2.45, 2.75) is 6.42 Å². The van der Waals surface area contributed by atoms with Gasteiger partial charge in [0, 0.05) is 48.8 Å². The number of hydrogen-bond acceptors (Lipinski definition) is 6. The topological polar surface area (TPSA) is 88.7 Å². The molecule has 3 rings (SSSR count). The second-order valence-corrected chi connectivity index (χ2v) is 6.68. The normalized spacial score (nSPS) is 16.5. The van der Waals surface area contributed by atoms with Crippen LogP contribution in [0.2, 0.25) is 0 Å². The van der Waals surface area contributed by atoms with E-state index in [1.165, 1.54) is 20.3 Å². The number of H-pyrrole nitrogens is 1. The van der Waals surface area contributed by atoms with Crippen LogP contribution in [0.3, 0.4) is 0 Å². The van der Waals surface area contributed by atoms with Crippen molar-refractivity contribution in [3.05, 3.63) is 71.7 Å². The molecule has 0 aliphatic carbocycles. The number of aromatic nitrogens is 1. The third-order valence-corrected chi connectivity index (χ3v) is 4.73. The highest BCUT2D eigenvalue weighted by Crippen LogP contribution is 2.32. The van der Waals surface area contributed by atoms with E-state index in [0.717, 1.165) is 10.9 Å². The smallest absolute Gasteiger partial charge is 0.335 e. The number of benzene rings is 1. The molecule has 7 heteroatoms. The van der Waals surface area contributed by atoms with Crippen molar-refractivity contribution in [1.29, 1.82) is 0 Å². The van der Waals surface area contributed by atoms with E-state index in [9.17, 15) is 14.4 Å². The van der Waals surface area contributed by atoms with E-state index in [1.807, 2.05) is 24.3 Å². The molecule has 1 N–H and O–H groups in total. The van der Waals surface area contributed by atoms with Crippen LogP contribution in [-0.4, -0.2) is 48.9 Å². The quantitative estimate of drug-likeness (QED) is 0.460. The predicted octanol–water partition coefficient (Wildman–Crippen LogP) is 2.97. The molecular weight excluding hydrogens is 372 g/mol. The largest absolute Gasteiger partial charge is 0.466 e. The molecule has 0 radical (unpaired) electrons. The van der Waals surface area contributed by atoms with Crippen molar-refractivity contribution in [2.24, 2.45) is 5.92 Å². The maximum Gasteiger partial charge on any atom is 0.335 e. The zero-order valence-corrected chi connectivity index (χ0v) is 16.5. The number of rotatable bonds is 6. The van der Waals surface area contributed by atoms with E-state index < -0.39 is 17.9 Å². The Labute approximate surface area is 168 Å². The fourth-order valence-corrected chi connectivity index (χ4v) is 3.30. The van der Waals surface area contributed by atoms with Gasteiger partial charge in [-0.25, -0.2) is 9.59 Å². The highest BCUT2D eigenvalue weighted by Gasteiger charge is 2.30. The molecule has 0 fully saturated rings. The molecule has 7 nitrogen and oxygen atoms in total. The molecule has 1 aliphatic rings. The van der Waals surface area contributed by atoms with Gasteiger partial charge in [0.1, 0.15) is 0 Å². The number of aromatic amines is 1. The molecule has 0 saturated carbocycles. The Bertz CT molecular complexity index is 1010. The number of ether oxygens (including phenoxy) is 2. The first-order valence-electron chi connectivity index (χ1n) is 9.03. The second-order valence-electron chi connectivity index (χ2n) is 6.68. The highest BCUT2D eigenvalue weighted by atomic mass is 16.5. The van der Waals surface area contributed by atoms with Crippen molar-refractivity contribution in [3.8, 4) is 0 Å². The Morgan fingerprint density at radius 1 is 1.14 bits per heavy atom. The van der Waals surface area contributed by atoms with Crippen LogP contribution < -0.4 is 0 Å². The third-order valence-electron chi connectivity index (χ3n) is 4.73. The number of carbonyl (C=O) groups excluding carboxylic acids is 3. The summed E-state index contributed by atoms with van der Waals surface area (Å²) in [6.07, 6.45) is 6.25. The van der Waals surface area contributed by atoms with Crippen LogP contribution >= 0.6 is 0 Å². The Kier molecular flexibility index (Phi) is 5.97. The molecule has 0 spiro atoms. The number of carbonyl (C=O) groups is 3. The van der Waals surface area contributed by atoms with Gasteiger partial charge in [-0.15, -0.1) is 0 Å². The van der Waals surface area contributed by atoms with Gasteiger partial charge in [-0.2, -0.15) is 0 Å². The molecule has 1 aromatic heterocycles. The maximum atomic E-state index is 13.0. The van der Waals surface area contributed by atoms with Crippen LogP contribution in [0.25, 0.3) is 10.9 Å². The molecule has 2 aromatic rings. The summed E-state index contributed by atoms with van der Waals surface area (Å²) in [5.41, 5.74) is 2.30. The molecule has 2 heterocycles. The summed E-state index contributed by atoms with van der Waals surface area (Å²) in [4.78, 5) is 41.7. The second kappa shape index (κ2) is 8.60. The zero-order chi connectivity index (χ0) is 21.0. The van der Waals surface area contributed by atoms with E-state index in [1.54, 1.807) is 36.5 Å². The molecule has 0 amide bonds. The first-order chi connectivity index (χ1) is 13.9. The van der Waals surface area contributed by atoms with Crippen LogP contribution in [0.15, 0.2) is 66.0 Å². The predicted molar refractivity (Wildman–Crippen MR) is 108 cm³/mol. The molecule has 0 bridgehead atoms. The van der Waals surface area contributed by atoms with Gasteiger partial charge in [-0.3, -0.25) is 4.79 Å². The average Bonchev–Trinajstić information content (AvgIpc) is 3.17. The Balaban J connectivity index is 1.93. The number of nitrogens with zero attached hydrogens (tertiary/aromatic N) is 1. The van der Waals surface area contributed by atoms with Gasteiger partial charge in [0.15, 0.2) is 5.78 Å². The van der Waals surface area contributed by atoms with E-state index in [-0.39, 0.29) is 12.2 Å². The van der Waals surface area contributed by atoms with Crippen molar-refractivity contribution >= 4 is 28.6 Å². The van der Waals surface area contributed by atoms with Crippen LogP contribution in [0, 0.1) is 5.92 Å². The third kappa shape index (κ3) is 4.45. The molecule has 1 atom stereocenters. The maximum absolute atomic E-state index is 13.0. The number of nitrogens with one attached hydrogen (secondary N) is 1. The van der Waals surface area contributed by atoms with Gasteiger partial charge in [-0.1, -0.05) is 18.2 Å². The number of methoxy groups -OCH3 is 2. The summed E-state index contributed by atoms with van der Waals surface area (Å²) in [5, 5.41) is 0.935. The first-order valence-corrected chi connectivity index (χ1v) is 9.03. The molecule has 1 aliphatic heterocycles. The SMILES string of the molecule is COC(=O)/C=C/C1=CN(C)C=C(C(=O)OC)C1CC(=O)c1cc2ccccc2[nH]1. The minimum Gasteiger partial charge on any atom is -0.466 e. The number of esters is 2. The zero-order valence-electron chi connectivity index (χ0n) is 16.5. The summed E-state index contributed by atoms with van der Waals surface area (Å²) in [5.74, 6) is -1.76. The van der Waals surface area contributed by atoms with Crippen LogP contribution in [0.5, 0.6) is 0 Å². The van der Waals surface area contributed by atoms with Crippen molar-refractivity contribution in [3.63, 3.8) is 0 Å². The molecule has 150 valence electrons. The summed E-state index contributed by atoms with van der Waals surface area (Å²) in [6, 6.07) is 9.40. The van der Waals surface area contributed by atoms with E-state index >= 15 is 0 Å². The number of Topliss-reactive ketones (excluding diaryl/α,β-unsaturated/α-hetero) is 1. The van der Waals surface area contributed by atoms with E-state index in [4.69, 9.17) is 4.74 Å². The Morgan fingerprint density at radius 3 is 2.59 bits per heavy atom. The molecule has 29 heavy (non-hydrogen) atoms. The number of ketones is 1. The number of fused-ring (bicyclic) bond motifs is 1. The van der Waals surface area contributed by atoms with Gasteiger partial charge >= 0.3 is 11.9 Å². The minimum atomic E-state index is -0.557. The molecule has 1 aromatic carbocycles. The van der Waals surface area contributed by atoms with Crippen molar-refractivity contribution in [1.82, 2.24) is 9.88 Å². The monoisotopic (exact) mass is 394 g/mol. The Morgan fingerprint density at radius 2 is 1.90 bits per heavy atom. The van der Waals surface area contributed by atoms with Gasteiger partial charge < -0.3 is 19.4 Å². The lowest BCUT2D eigenvalue weighted by Gasteiger charge is -2.27. The lowest BCUT2D eigenvalue weighted by Crippen LogP contribution is -2.26. The summed E-state index contributed by atoms with van der Waals surface area (Å²) < 4.78 is 9.54. The number of para-hydroxylation sites is 1. The molecule has 0 saturated heterocycles. The lowest BCUT2D eigenvalue weighted by molar-refractivity contribution is -0.137. The van der Waals surface area contributed by atoms with Gasteiger partial charge in [0.05, 0.1) is 25.5 Å². The fourth-order valence-electron chi connectivity index (χ4n) is 3.30. The standard InChI is InChI=1S/C22H22N2O5/c1-24-12-15(8-9-21(26)28-2)16(17(13-24)22(27)29-3)11-20(25)19-10-14-6-4-5-7-18(14)23-19/h4-10,12-13,16,23H,11H2,1-3H3/b9-8+. The number of hydrogen-bond donors (Lipinski definition) is 1. The van der Waals surface area contributed by atoms with E-state index in [2.05, 4.69) is 9.72 Å². The van der Waals surface area contributed by atoms with Gasteiger partial charge in [0.25, 0.3) is 0 Å². The first kappa shape index (κ1) is 20.1. The van der Waals surface area contributed by atoms with Crippen molar-refractivity contribution < 1.29 is 23.9 Å². The van der Waals surface area contributed by atoms with Crippen LogP contribution in [0.4, 0.5) is 0 Å². The molecule has 1 unspecified atom stereocenters. The summed E-state index contributed by atoms with van der Waals surface area (Å²) in [6.45, 7) is 0. The van der Waals surface area contributed by atoms with Gasteiger partial charge in [-0.05, 0) is 23.8 Å². The van der Waals surface area contributed by atoms with Gasteiger partial charge in [0.2, 0.25) is 0 Å². The Hall–Kier alpha value is -3.61. The number of allylic oxidation sites excluding steroid dienone is 2. The van der Waals surface area contributed by atoms with Crippen LogP contribution in [-0.2, 0) is 19.1 Å². The molecular formula is C22H22N2O5.